The Hall–Kier alpha value is -2.59. The average molecular weight is 280 g/mol. The van der Waals surface area contributed by atoms with Gasteiger partial charge < -0.3 is 15.5 Å². The third-order valence-corrected chi connectivity index (χ3v) is 3.40. The summed E-state index contributed by atoms with van der Waals surface area (Å²) in [6.45, 7) is 0.353. The number of hydrogen-bond donors (Lipinski definition) is 3. The molecule has 0 fully saturated rings. The Balaban J connectivity index is 1.81. The molecule has 4 heteroatoms. The van der Waals surface area contributed by atoms with Crippen molar-refractivity contribution in [3.8, 4) is 5.75 Å². The minimum absolute atomic E-state index is 0.196. The van der Waals surface area contributed by atoms with Crippen LogP contribution in [0.2, 0.25) is 0 Å². The first-order chi connectivity index (χ1) is 10.2. The number of aliphatic hydroxyl groups excluding tert-OH is 1. The maximum atomic E-state index is 10.2. The summed E-state index contributed by atoms with van der Waals surface area (Å²) in [6, 6.07) is 16.5. The van der Waals surface area contributed by atoms with Crippen molar-refractivity contribution in [3.05, 3.63) is 66.4 Å². The van der Waals surface area contributed by atoms with Crippen LogP contribution in [0.15, 0.2) is 60.8 Å². The van der Waals surface area contributed by atoms with Crippen LogP contribution in [0.1, 0.15) is 11.7 Å². The first-order valence-electron chi connectivity index (χ1n) is 6.78. The molecule has 1 atom stereocenters. The van der Waals surface area contributed by atoms with E-state index in [1.54, 1.807) is 18.3 Å². The van der Waals surface area contributed by atoms with Gasteiger partial charge in [-0.15, -0.1) is 0 Å². The number of phenols is 1. The standard InChI is InChI=1S/C17H16N2O2/c20-14-7-6-12-8-9-18-17(15(12)10-14)19-11-16(21)13-4-2-1-3-5-13/h1-10,16,20-21H,11H2,(H,18,19). The summed E-state index contributed by atoms with van der Waals surface area (Å²) in [5.74, 6) is 0.848. The number of aromatic hydroxyl groups is 1. The summed E-state index contributed by atoms with van der Waals surface area (Å²) in [7, 11) is 0. The molecule has 0 bridgehead atoms. The van der Waals surface area contributed by atoms with Gasteiger partial charge in [-0.25, -0.2) is 4.98 Å². The quantitative estimate of drug-likeness (QED) is 0.687. The van der Waals surface area contributed by atoms with E-state index in [4.69, 9.17) is 0 Å². The highest BCUT2D eigenvalue weighted by molar-refractivity contribution is 5.92. The van der Waals surface area contributed by atoms with Gasteiger partial charge in [0.2, 0.25) is 0 Å². The van der Waals surface area contributed by atoms with Crippen LogP contribution >= 0.6 is 0 Å². The van der Waals surface area contributed by atoms with Crippen molar-refractivity contribution in [2.45, 2.75) is 6.10 Å². The molecule has 1 aromatic heterocycles. The van der Waals surface area contributed by atoms with Crippen LogP contribution in [-0.2, 0) is 0 Å². The van der Waals surface area contributed by atoms with Gasteiger partial charge in [0.05, 0.1) is 6.10 Å². The highest BCUT2D eigenvalue weighted by atomic mass is 16.3. The summed E-state index contributed by atoms with van der Waals surface area (Å²) in [4.78, 5) is 4.28. The number of pyridine rings is 1. The molecule has 3 N–H and O–H groups in total. The van der Waals surface area contributed by atoms with E-state index in [2.05, 4.69) is 10.3 Å². The normalized spacial score (nSPS) is 12.2. The molecule has 0 aliphatic rings. The van der Waals surface area contributed by atoms with E-state index in [1.807, 2.05) is 42.5 Å². The van der Waals surface area contributed by atoms with Gasteiger partial charge in [0.25, 0.3) is 0 Å². The Bertz CT molecular complexity index is 744. The van der Waals surface area contributed by atoms with Gasteiger partial charge in [0.1, 0.15) is 11.6 Å². The van der Waals surface area contributed by atoms with Gasteiger partial charge in [-0.05, 0) is 29.1 Å². The van der Waals surface area contributed by atoms with Crippen LogP contribution in [0.4, 0.5) is 5.82 Å². The molecular formula is C17H16N2O2. The Kier molecular flexibility index (Phi) is 3.71. The van der Waals surface area contributed by atoms with Crippen molar-refractivity contribution in [1.82, 2.24) is 4.98 Å². The fourth-order valence-electron chi connectivity index (χ4n) is 2.28. The Morgan fingerprint density at radius 3 is 2.67 bits per heavy atom. The second-order valence-electron chi connectivity index (χ2n) is 4.87. The number of benzene rings is 2. The number of fused-ring (bicyclic) bond motifs is 1. The number of hydrogen-bond acceptors (Lipinski definition) is 4. The largest absolute Gasteiger partial charge is 0.508 e. The van der Waals surface area contributed by atoms with E-state index in [0.717, 1.165) is 16.3 Å². The van der Waals surface area contributed by atoms with E-state index in [-0.39, 0.29) is 5.75 Å². The van der Waals surface area contributed by atoms with Crippen molar-refractivity contribution < 1.29 is 10.2 Å². The minimum Gasteiger partial charge on any atom is -0.508 e. The number of nitrogens with one attached hydrogen (secondary N) is 1. The van der Waals surface area contributed by atoms with Gasteiger partial charge >= 0.3 is 0 Å². The minimum atomic E-state index is -0.611. The zero-order valence-corrected chi connectivity index (χ0v) is 11.4. The van der Waals surface area contributed by atoms with Gasteiger partial charge in [-0.1, -0.05) is 36.4 Å². The van der Waals surface area contributed by atoms with Crippen LogP contribution in [-0.4, -0.2) is 21.7 Å². The van der Waals surface area contributed by atoms with E-state index in [9.17, 15) is 10.2 Å². The lowest BCUT2D eigenvalue weighted by atomic mass is 10.1. The molecule has 1 heterocycles. The molecule has 3 aromatic rings. The van der Waals surface area contributed by atoms with Gasteiger partial charge in [-0.2, -0.15) is 0 Å². The molecule has 0 aliphatic heterocycles. The van der Waals surface area contributed by atoms with Gasteiger partial charge in [-0.3, -0.25) is 0 Å². The Morgan fingerprint density at radius 1 is 1.05 bits per heavy atom. The topological polar surface area (TPSA) is 65.4 Å². The number of aromatic nitrogens is 1. The van der Waals surface area contributed by atoms with Crippen molar-refractivity contribution in [2.75, 3.05) is 11.9 Å². The van der Waals surface area contributed by atoms with Crippen LogP contribution in [0.3, 0.4) is 0 Å². The molecule has 0 saturated carbocycles. The fraction of sp³-hybridized carbons (Fsp3) is 0.118. The molecule has 21 heavy (non-hydrogen) atoms. The predicted octanol–water partition coefficient (Wildman–Crippen LogP) is 3.09. The summed E-state index contributed by atoms with van der Waals surface area (Å²) in [6.07, 6.45) is 1.09. The maximum absolute atomic E-state index is 10.2. The zero-order chi connectivity index (χ0) is 14.7. The average Bonchev–Trinajstić information content (AvgIpc) is 2.53. The number of nitrogens with zero attached hydrogens (tertiary/aromatic N) is 1. The molecular weight excluding hydrogens is 264 g/mol. The zero-order valence-electron chi connectivity index (χ0n) is 11.4. The van der Waals surface area contributed by atoms with Crippen LogP contribution in [0.25, 0.3) is 10.8 Å². The summed E-state index contributed by atoms with van der Waals surface area (Å²) < 4.78 is 0. The molecule has 0 amide bonds. The van der Waals surface area contributed by atoms with E-state index < -0.39 is 6.10 Å². The number of anilines is 1. The molecule has 4 nitrogen and oxygen atoms in total. The molecule has 0 aliphatic carbocycles. The molecule has 106 valence electrons. The van der Waals surface area contributed by atoms with Crippen LogP contribution in [0.5, 0.6) is 5.75 Å². The van der Waals surface area contributed by atoms with E-state index in [0.29, 0.717) is 12.4 Å². The maximum Gasteiger partial charge on any atom is 0.134 e. The summed E-state index contributed by atoms with van der Waals surface area (Å²) in [5.41, 5.74) is 0.855. The second kappa shape index (κ2) is 5.81. The predicted molar refractivity (Wildman–Crippen MR) is 83.3 cm³/mol. The lowest BCUT2D eigenvalue weighted by Crippen LogP contribution is -2.13. The number of rotatable bonds is 4. The van der Waals surface area contributed by atoms with Gasteiger partial charge in [0.15, 0.2) is 0 Å². The van der Waals surface area contributed by atoms with E-state index >= 15 is 0 Å². The molecule has 1 unspecified atom stereocenters. The SMILES string of the molecule is Oc1ccc2ccnc(NCC(O)c3ccccc3)c2c1. The summed E-state index contributed by atoms with van der Waals surface area (Å²) in [5, 5.41) is 24.7. The Labute approximate surface area is 122 Å². The Morgan fingerprint density at radius 2 is 1.86 bits per heavy atom. The monoisotopic (exact) mass is 280 g/mol. The third kappa shape index (κ3) is 2.95. The van der Waals surface area contributed by atoms with Crippen molar-refractivity contribution in [2.24, 2.45) is 0 Å². The molecule has 0 radical (unpaired) electrons. The second-order valence-corrected chi connectivity index (χ2v) is 4.87. The van der Waals surface area contributed by atoms with Crippen molar-refractivity contribution >= 4 is 16.6 Å². The highest BCUT2D eigenvalue weighted by Gasteiger charge is 2.08. The van der Waals surface area contributed by atoms with Crippen LogP contribution in [0, 0.1) is 0 Å². The summed E-state index contributed by atoms with van der Waals surface area (Å²) >= 11 is 0. The third-order valence-electron chi connectivity index (χ3n) is 3.40. The molecule has 0 spiro atoms. The molecule has 3 rings (SSSR count). The highest BCUT2D eigenvalue weighted by Crippen LogP contribution is 2.25. The molecule has 0 saturated heterocycles. The first kappa shape index (κ1) is 13.4. The van der Waals surface area contributed by atoms with Gasteiger partial charge in [0, 0.05) is 18.1 Å². The van der Waals surface area contributed by atoms with Crippen molar-refractivity contribution in [1.29, 1.82) is 0 Å². The lowest BCUT2D eigenvalue weighted by Gasteiger charge is -2.14. The molecule has 2 aromatic carbocycles. The van der Waals surface area contributed by atoms with Crippen LogP contribution < -0.4 is 5.32 Å². The number of aliphatic hydroxyl groups is 1. The lowest BCUT2D eigenvalue weighted by molar-refractivity contribution is 0.191. The smallest absolute Gasteiger partial charge is 0.134 e. The van der Waals surface area contributed by atoms with Crippen molar-refractivity contribution in [3.63, 3.8) is 0 Å². The van der Waals surface area contributed by atoms with E-state index in [1.165, 1.54) is 0 Å². The fourth-order valence-corrected chi connectivity index (χ4v) is 2.28. The number of phenolic OH excluding ortho intramolecular Hbond substituents is 1. The first-order valence-corrected chi connectivity index (χ1v) is 6.78.